The summed E-state index contributed by atoms with van der Waals surface area (Å²) in [6.07, 6.45) is -0.519. The molecule has 1 rings (SSSR count). The summed E-state index contributed by atoms with van der Waals surface area (Å²) >= 11 is 0. The Morgan fingerprint density at radius 2 is 2.08 bits per heavy atom. The van der Waals surface area contributed by atoms with Crippen molar-refractivity contribution >= 4 is 17.0 Å². The highest BCUT2D eigenvalue weighted by Gasteiger charge is 2.30. The number of nitrogens with zero attached hydrogens (tertiary/aromatic N) is 1. The van der Waals surface area contributed by atoms with E-state index in [9.17, 15) is 8.78 Å². The predicted molar refractivity (Wildman–Crippen MR) is 51.2 cm³/mol. The molecule has 0 spiro atoms. The molecule has 0 amide bonds. The number of halogens is 3. The average Bonchev–Trinajstić information content (AvgIpc) is 1.99. The molecule has 1 heterocycles. The molecular formula is C8H16BrF2N. The largest absolute Gasteiger partial charge is 0.272 e. The molecule has 1 aliphatic heterocycles. The molecule has 2 unspecified atom stereocenters. The van der Waals surface area contributed by atoms with Gasteiger partial charge in [-0.3, -0.25) is 4.90 Å². The maximum Gasteiger partial charge on any atom is 0.185 e. The third kappa shape index (κ3) is 2.98. The lowest BCUT2D eigenvalue weighted by molar-refractivity contribution is -0.0184. The summed E-state index contributed by atoms with van der Waals surface area (Å²) in [5.41, 5.74) is 0. The molecule has 1 saturated heterocycles. The molecule has 4 heteroatoms. The van der Waals surface area contributed by atoms with Crippen LogP contribution in [0, 0.1) is 0 Å². The average molecular weight is 244 g/mol. The van der Waals surface area contributed by atoms with Crippen LogP contribution in [-0.2, 0) is 0 Å². The van der Waals surface area contributed by atoms with E-state index in [0.29, 0.717) is 13.0 Å². The van der Waals surface area contributed by atoms with Crippen LogP contribution >= 0.6 is 17.0 Å². The Kier molecular flexibility index (Phi) is 6.01. The van der Waals surface area contributed by atoms with Gasteiger partial charge in [-0.05, 0) is 19.3 Å². The fourth-order valence-electron chi connectivity index (χ4n) is 1.50. The number of alkyl halides is 2. The van der Waals surface area contributed by atoms with E-state index < -0.39 is 12.5 Å². The molecule has 0 aromatic rings. The molecule has 0 aromatic carbocycles. The van der Waals surface area contributed by atoms with Gasteiger partial charge >= 0.3 is 0 Å². The second-order valence-electron chi connectivity index (χ2n) is 3.07. The van der Waals surface area contributed by atoms with Crippen molar-refractivity contribution in [3.05, 3.63) is 0 Å². The summed E-state index contributed by atoms with van der Waals surface area (Å²) < 4.78 is 25.7. The number of hydrogen-bond acceptors (Lipinski definition) is 1. The normalized spacial score (nSPS) is 31.2. The molecule has 1 aliphatic rings. The molecule has 74 valence electrons. The van der Waals surface area contributed by atoms with Gasteiger partial charge < -0.3 is 0 Å². The molecule has 0 bridgehead atoms. The first-order chi connectivity index (χ1) is 5.25. The Morgan fingerprint density at radius 1 is 1.42 bits per heavy atom. The molecule has 0 radical (unpaired) electrons. The SMILES string of the molecule is Br.CCCN1CCCC(F)C1F. The smallest absolute Gasteiger partial charge is 0.185 e. The lowest BCUT2D eigenvalue weighted by atomic mass is 10.1. The highest BCUT2D eigenvalue weighted by Crippen LogP contribution is 2.21. The zero-order valence-corrected chi connectivity index (χ0v) is 9.01. The number of hydrogen-bond donors (Lipinski definition) is 0. The molecule has 1 nitrogen and oxygen atoms in total. The lowest BCUT2D eigenvalue weighted by Crippen LogP contribution is -2.43. The maximum atomic E-state index is 13.0. The monoisotopic (exact) mass is 243 g/mol. The number of rotatable bonds is 2. The minimum absolute atomic E-state index is 0. The van der Waals surface area contributed by atoms with Crippen molar-refractivity contribution in [2.75, 3.05) is 13.1 Å². The molecule has 0 aliphatic carbocycles. The van der Waals surface area contributed by atoms with Gasteiger partial charge in [0.2, 0.25) is 0 Å². The zero-order valence-electron chi connectivity index (χ0n) is 7.30. The number of piperidine rings is 1. The summed E-state index contributed by atoms with van der Waals surface area (Å²) in [6, 6.07) is 0. The Hall–Kier alpha value is 0.300. The molecule has 1 fully saturated rings. The summed E-state index contributed by atoms with van der Waals surface area (Å²) in [5.74, 6) is 0. The van der Waals surface area contributed by atoms with Crippen LogP contribution in [0.25, 0.3) is 0 Å². The molecule has 12 heavy (non-hydrogen) atoms. The van der Waals surface area contributed by atoms with E-state index in [1.807, 2.05) is 6.92 Å². The summed E-state index contributed by atoms with van der Waals surface area (Å²) in [6.45, 7) is 3.38. The van der Waals surface area contributed by atoms with E-state index in [2.05, 4.69) is 0 Å². The van der Waals surface area contributed by atoms with Gasteiger partial charge in [0.25, 0.3) is 0 Å². The van der Waals surface area contributed by atoms with Gasteiger partial charge in [0, 0.05) is 13.1 Å². The van der Waals surface area contributed by atoms with Crippen molar-refractivity contribution in [2.24, 2.45) is 0 Å². The van der Waals surface area contributed by atoms with Crippen LogP contribution in [0.4, 0.5) is 8.78 Å². The van der Waals surface area contributed by atoms with Crippen molar-refractivity contribution in [2.45, 2.75) is 38.7 Å². The molecule has 2 atom stereocenters. The Morgan fingerprint density at radius 3 is 2.67 bits per heavy atom. The molecule has 0 N–H and O–H groups in total. The summed E-state index contributed by atoms with van der Waals surface area (Å²) in [4.78, 5) is 1.59. The number of likely N-dealkylation sites (tertiary alicyclic amines) is 1. The van der Waals surface area contributed by atoms with Crippen molar-refractivity contribution < 1.29 is 8.78 Å². The lowest BCUT2D eigenvalue weighted by Gasteiger charge is -2.32. The van der Waals surface area contributed by atoms with Gasteiger partial charge in [-0.2, -0.15) is 0 Å². The van der Waals surface area contributed by atoms with Crippen molar-refractivity contribution in [1.82, 2.24) is 4.90 Å². The fourth-order valence-corrected chi connectivity index (χ4v) is 1.50. The third-order valence-electron chi connectivity index (χ3n) is 2.08. The third-order valence-corrected chi connectivity index (χ3v) is 2.08. The first-order valence-electron chi connectivity index (χ1n) is 4.28. The minimum Gasteiger partial charge on any atom is -0.272 e. The second kappa shape index (κ2) is 5.86. The first kappa shape index (κ1) is 12.3. The maximum absolute atomic E-state index is 13.0. The van der Waals surface area contributed by atoms with Crippen LogP contribution < -0.4 is 0 Å². The highest BCUT2D eigenvalue weighted by atomic mass is 79.9. The minimum atomic E-state index is -1.34. The van der Waals surface area contributed by atoms with E-state index in [-0.39, 0.29) is 17.0 Å². The Labute approximate surface area is 82.9 Å². The predicted octanol–water partition coefficient (Wildman–Crippen LogP) is 2.70. The molecule has 0 aromatic heterocycles. The molecule has 0 saturated carbocycles. The van der Waals surface area contributed by atoms with Crippen molar-refractivity contribution in [3.63, 3.8) is 0 Å². The topological polar surface area (TPSA) is 3.24 Å². The van der Waals surface area contributed by atoms with Gasteiger partial charge in [-0.15, -0.1) is 17.0 Å². The zero-order chi connectivity index (χ0) is 8.27. The van der Waals surface area contributed by atoms with Gasteiger partial charge in [0.05, 0.1) is 0 Å². The van der Waals surface area contributed by atoms with Crippen molar-refractivity contribution in [1.29, 1.82) is 0 Å². The van der Waals surface area contributed by atoms with Crippen LogP contribution in [0.3, 0.4) is 0 Å². The van der Waals surface area contributed by atoms with Gasteiger partial charge in [-0.25, -0.2) is 8.78 Å². The van der Waals surface area contributed by atoms with E-state index in [1.54, 1.807) is 4.90 Å². The Bertz CT molecular complexity index is 122. The van der Waals surface area contributed by atoms with E-state index in [0.717, 1.165) is 19.4 Å². The quantitative estimate of drug-likeness (QED) is 0.675. The van der Waals surface area contributed by atoms with Gasteiger partial charge in [-0.1, -0.05) is 6.92 Å². The van der Waals surface area contributed by atoms with E-state index >= 15 is 0 Å². The standard InChI is InChI=1S/C8H15F2N.BrH/c1-2-5-11-6-3-4-7(9)8(11)10;/h7-8H,2-6H2,1H3;1H. The van der Waals surface area contributed by atoms with Crippen LogP contribution in [0.1, 0.15) is 26.2 Å². The van der Waals surface area contributed by atoms with Crippen LogP contribution in [0.2, 0.25) is 0 Å². The second-order valence-corrected chi connectivity index (χ2v) is 3.07. The molecular weight excluding hydrogens is 228 g/mol. The summed E-state index contributed by atoms with van der Waals surface area (Å²) in [5, 5.41) is 0. The van der Waals surface area contributed by atoms with Crippen molar-refractivity contribution in [3.8, 4) is 0 Å². The summed E-state index contributed by atoms with van der Waals surface area (Å²) in [7, 11) is 0. The van der Waals surface area contributed by atoms with E-state index in [1.165, 1.54) is 0 Å². The first-order valence-corrected chi connectivity index (χ1v) is 4.28. The van der Waals surface area contributed by atoms with Gasteiger partial charge in [0.15, 0.2) is 6.30 Å². The fraction of sp³-hybridized carbons (Fsp3) is 1.00. The van der Waals surface area contributed by atoms with E-state index in [4.69, 9.17) is 0 Å². The van der Waals surface area contributed by atoms with Crippen LogP contribution in [-0.4, -0.2) is 30.5 Å². The van der Waals surface area contributed by atoms with Crippen LogP contribution in [0.15, 0.2) is 0 Å². The highest BCUT2D eigenvalue weighted by molar-refractivity contribution is 8.93. The van der Waals surface area contributed by atoms with Crippen LogP contribution in [0.5, 0.6) is 0 Å². The Balaban J connectivity index is 0.00000121. The van der Waals surface area contributed by atoms with Gasteiger partial charge in [0.1, 0.15) is 6.17 Å².